The van der Waals surface area contributed by atoms with E-state index in [1.165, 1.54) is 19.2 Å². The van der Waals surface area contributed by atoms with E-state index < -0.39 is 35.8 Å². The molecule has 0 fully saturated rings. The number of para-hydroxylation sites is 1. The van der Waals surface area contributed by atoms with Gasteiger partial charge < -0.3 is 14.8 Å². The van der Waals surface area contributed by atoms with E-state index in [2.05, 4.69) is 0 Å². The van der Waals surface area contributed by atoms with Crippen LogP contribution >= 0.6 is 23.2 Å². The lowest BCUT2D eigenvalue weighted by Crippen LogP contribution is -2.22. The van der Waals surface area contributed by atoms with Crippen LogP contribution in [0.15, 0.2) is 30.3 Å². The Hall–Kier alpha value is -2.38. The van der Waals surface area contributed by atoms with Crippen LogP contribution in [0.2, 0.25) is 10.0 Å². The van der Waals surface area contributed by atoms with Crippen molar-refractivity contribution < 1.29 is 27.8 Å². The Morgan fingerprint density at radius 3 is 2.20 bits per heavy atom. The predicted octanol–water partition coefficient (Wildman–Crippen LogP) is 4.08. The van der Waals surface area contributed by atoms with Gasteiger partial charge in [-0.25, -0.2) is 13.6 Å². The third-order valence-electron chi connectivity index (χ3n) is 3.00. The van der Waals surface area contributed by atoms with Gasteiger partial charge in [-0.3, -0.25) is 4.79 Å². The summed E-state index contributed by atoms with van der Waals surface area (Å²) in [5.41, 5.74) is -0.639. The Balaban J connectivity index is 2.01. The minimum absolute atomic E-state index is 0.0133. The fourth-order valence-electron chi connectivity index (χ4n) is 1.88. The molecule has 0 bridgehead atoms. The number of carbonyl (C=O) groups is 2. The number of amides is 1. The first-order chi connectivity index (χ1) is 11.8. The molecule has 0 atom stereocenters. The molecule has 0 spiro atoms. The van der Waals surface area contributed by atoms with Crippen LogP contribution in [0.4, 0.5) is 14.5 Å². The van der Waals surface area contributed by atoms with Crippen LogP contribution in [0.5, 0.6) is 5.75 Å². The molecular formula is C16H11Cl2F2NO4. The number of benzene rings is 2. The van der Waals surface area contributed by atoms with Crippen molar-refractivity contribution in [2.75, 3.05) is 19.0 Å². The smallest absolute Gasteiger partial charge is 0.338 e. The van der Waals surface area contributed by atoms with E-state index in [4.69, 9.17) is 32.7 Å². The summed E-state index contributed by atoms with van der Waals surface area (Å²) in [6, 6.07) is 5.61. The first-order valence-electron chi connectivity index (χ1n) is 6.77. The summed E-state index contributed by atoms with van der Waals surface area (Å²) in [5, 5.41) is 2.15. The number of nitrogens with one attached hydrogen (secondary N) is 1. The Labute approximate surface area is 151 Å². The molecule has 0 aliphatic carbocycles. The van der Waals surface area contributed by atoms with Crippen LogP contribution < -0.4 is 10.1 Å². The second kappa shape index (κ2) is 8.13. The summed E-state index contributed by atoms with van der Waals surface area (Å²) in [6.45, 7) is -0.756. The lowest BCUT2D eigenvalue weighted by atomic mass is 10.2. The Kier molecular flexibility index (Phi) is 6.17. The lowest BCUT2D eigenvalue weighted by molar-refractivity contribution is -0.119. The van der Waals surface area contributed by atoms with Gasteiger partial charge in [0.2, 0.25) is 0 Å². The first-order valence-corrected chi connectivity index (χ1v) is 7.53. The van der Waals surface area contributed by atoms with Gasteiger partial charge >= 0.3 is 5.97 Å². The minimum atomic E-state index is -0.951. The third kappa shape index (κ3) is 4.58. The number of methoxy groups -OCH3 is 1. The van der Waals surface area contributed by atoms with Gasteiger partial charge in [0, 0.05) is 0 Å². The van der Waals surface area contributed by atoms with Crippen LogP contribution in [0.1, 0.15) is 10.4 Å². The van der Waals surface area contributed by atoms with Crippen LogP contribution in [-0.2, 0) is 9.53 Å². The van der Waals surface area contributed by atoms with Crippen molar-refractivity contribution in [3.05, 3.63) is 57.6 Å². The molecule has 5 nitrogen and oxygen atoms in total. The molecule has 0 radical (unpaired) electrons. The molecule has 1 N–H and O–H groups in total. The van der Waals surface area contributed by atoms with Gasteiger partial charge in [-0.15, -0.1) is 0 Å². The standard InChI is InChI=1S/C16H11Cl2F2NO4/c1-24-15-9(17)5-8(6-10(15)18)16(23)25-7-13(22)21-14-11(19)3-2-4-12(14)20/h2-6H,7H2,1H3,(H,21,22). The van der Waals surface area contributed by atoms with Crippen molar-refractivity contribution in [1.82, 2.24) is 0 Å². The molecule has 2 rings (SSSR count). The molecule has 0 aliphatic rings. The van der Waals surface area contributed by atoms with Crippen molar-refractivity contribution in [3.8, 4) is 5.75 Å². The summed E-state index contributed by atoms with van der Waals surface area (Å²) in [7, 11) is 1.36. The van der Waals surface area contributed by atoms with Crippen molar-refractivity contribution in [2.24, 2.45) is 0 Å². The lowest BCUT2D eigenvalue weighted by Gasteiger charge is -2.10. The number of hydrogen-bond donors (Lipinski definition) is 1. The average molecular weight is 390 g/mol. The average Bonchev–Trinajstić information content (AvgIpc) is 2.55. The second-order valence-corrected chi connectivity index (χ2v) is 5.51. The number of carbonyl (C=O) groups excluding carboxylic acids is 2. The third-order valence-corrected chi connectivity index (χ3v) is 3.56. The molecule has 0 saturated heterocycles. The molecule has 2 aromatic rings. The number of rotatable bonds is 5. The molecule has 132 valence electrons. The van der Waals surface area contributed by atoms with Crippen LogP contribution in [0, 0.1) is 11.6 Å². The van der Waals surface area contributed by atoms with Gasteiger partial charge in [0.05, 0.1) is 22.7 Å². The number of ether oxygens (including phenoxy) is 2. The number of hydrogen-bond acceptors (Lipinski definition) is 4. The van der Waals surface area contributed by atoms with E-state index in [-0.39, 0.29) is 21.4 Å². The van der Waals surface area contributed by atoms with Gasteiger partial charge in [-0.05, 0) is 24.3 Å². The Morgan fingerprint density at radius 2 is 1.68 bits per heavy atom. The highest BCUT2D eigenvalue weighted by atomic mass is 35.5. The zero-order valence-electron chi connectivity index (χ0n) is 12.7. The molecule has 9 heteroatoms. The van der Waals surface area contributed by atoms with Crippen molar-refractivity contribution in [1.29, 1.82) is 0 Å². The van der Waals surface area contributed by atoms with E-state index >= 15 is 0 Å². The largest absolute Gasteiger partial charge is 0.494 e. The molecule has 1 amide bonds. The quantitative estimate of drug-likeness (QED) is 0.782. The van der Waals surface area contributed by atoms with Crippen LogP contribution in [0.25, 0.3) is 0 Å². The fraction of sp³-hybridized carbons (Fsp3) is 0.125. The van der Waals surface area contributed by atoms with Crippen LogP contribution in [-0.4, -0.2) is 25.6 Å². The van der Waals surface area contributed by atoms with Crippen LogP contribution in [0.3, 0.4) is 0 Å². The summed E-state index contributed by atoms with van der Waals surface area (Å²) >= 11 is 11.8. The summed E-state index contributed by atoms with van der Waals surface area (Å²) in [4.78, 5) is 23.6. The minimum Gasteiger partial charge on any atom is -0.494 e. The zero-order chi connectivity index (χ0) is 18.6. The molecule has 0 aliphatic heterocycles. The summed E-state index contributed by atoms with van der Waals surface area (Å²) in [5.74, 6) is -3.52. The Morgan fingerprint density at radius 1 is 1.12 bits per heavy atom. The molecule has 2 aromatic carbocycles. The topological polar surface area (TPSA) is 64.6 Å². The summed E-state index contributed by atoms with van der Waals surface area (Å²) in [6.07, 6.45) is 0. The monoisotopic (exact) mass is 389 g/mol. The van der Waals surface area contributed by atoms with Gasteiger partial charge in [-0.2, -0.15) is 0 Å². The summed E-state index contributed by atoms with van der Waals surface area (Å²) < 4.78 is 36.6. The normalized spacial score (nSPS) is 10.3. The van der Waals surface area contributed by atoms with E-state index in [1.54, 1.807) is 0 Å². The first kappa shape index (κ1) is 19.0. The van der Waals surface area contributed by atoms with Gasteiger partial charge in [0.1, 0.15) is 17.3 Å². The maximum atomic E-state index is 13.4. The SMILES string of the molecule is COc1c(Cl)cc(C(=O)OCC(=O)Nc2c(F)cccc2F)cc1Cl. The van der Waals surface area contributed by atoms with Gasteiger partial charge in [0.25, 0.3) is 5.91 Å². The molecule has 25 heavy (non-hydrogen) atoms. The van der Waals surface area contributed by atoms with Crippen molar-refractivity contribution >= 4 is 40.8 Å². The maximum absolute atomic E-state index is 13.4. The maximum Gasteiger partial charge on any atom is 0.338 e. The Bertz CT molecular complexity index is 787. The highest BCUT2D eigenvalue weighted by Crippen LogP contribution is 2.34. The number of esters is 1. The van der Waals surface area contributed by atoms with E-state index in [0.717, 1.165) is 18.2 Å². The van der Waals surface area contributed by atoms with E-state index in [9.17, 15) is 18.4 Å². The molecule has 0 unspecified atom stereocenters. The van der Waals surface area contributed by atoms with Gasteiger partial charge in [0.15, 0.2) is 12.4 Å². The number of anilines is 1. The van der Waals surface area contributed by atoms with Crippen molar-refractivity contribution in [3.63, 3.8) is 0 Å². The van der Waals surface area contributed by atoms with Gasteiger partial charge in [-0.1, -0.05) is 29.3 Å². The highest BCUT2D eigenvalue weighted by Gasteiger charge is 2.17. The highest BCUT2D eigenvalue weighted by molar-refractivity contribution is 6.37. The van der Waals surface area contributed by atoms with E-state index in [1.807, 2.05) is 5.32 Å². The predicted molar refractivity (Wildman–Crippen MR) is 88.3 cm³/mol. The van der Waals surface area contributed by atoms with Crippen molar-refractivity contribution in [2.45, 2.75) is 0 Å². The fourth-order valence-corrected chi connectivity index (χ4v) is 2.52. The second-order valence-electron chi connectivity index (χ2n) is 4.69. The molecule has 0 heterocycles. The molecular weight excluding hydrogens is 379 g/mol. The zero-order valence-corrected chi connectivity index (χ0v) is 14.3. The van der Waals surface area contributed by atoms with E-state index in [0.29, 0.717) is 0 Å². The molecule has 0 aromatic heterocycles. The number of halogens is 4. The molecule has 0 saturated carbocycles.